The molecule has 1 aliphatic carbocycles. The van der Waals surface area contributed by atoms with Crippen LogP contribution in [0.25, 0.3) is 0 Å². The number of likely N-dealkylation sites (tertiary alicyclic amines) is 1. The zero-order valence-electron chi connectivity index (χ0n) is 12.1. The zero-order valence-corrected chi connectivity index (χ0v) is 12.1. The molecular weight excluding hydrogens is 232 g/mol. The summed E-state index contributed by atoms with van der Waals surface area (Å²) in [6.07, 6.45) is 5.55. The summed E-state index contributed by atoms with van der Waals surface area (Å²) in [5.41, 5.74) is 3.20. The zero-order chi connectivity index (χ0) is 13.1. The van der Waals surface area contributed by atoms with Crippen molar-refractivity contribution in [3.8, 4) is 0 Å². The van der Waals surface area contributed by atoms with E-state index in [-0.39, 0.29) is 0 Å². The van der Waals surface area contributed by atoms with Gasteiger partial charge in [-0.25, -0.2) is 0 Å². The average molecular weight is 258 g/mol. The van der Waals surface area contributed by atoms with E-state index < -0.39 is 0 Å². The molecule has 1 heterocycles. The Kier molecular flexibility index (Phi) is 4.19. The van der Waals surface area contributed by atoms with Crippen molar-refractivity contribution in [3.63, 3.8) is 0 Å². The third-order valence-electron chi connectivity index (χ3n) is 4.56. The van der Waals surface area contributed by atoms with E-state index in [9.17, 15) is 0 Å². The van der Waals surface area contributed by atoms with E-state index in [2.05, 4.69) is 41.5 Å². The van der Waals surface area contributed by atoms with Crippen molar-refractivity contribution in [1.82, 2.24) is 10.2 Å². The molecule has 2 nitrogen and oxygen atoms in total. The van der Waals surface area contributed by atoms with Gasteiger partial charge < -0.3 is 5.32 Å². The normalized spacial score (nSPS) is 24.6. The Hall–Kier alpha value is -0.860. The predicted octanol–water partition coefficient (Wildman–Crippen LogP) is 3.00. The summed E-state index contributed by atoms with van der Waals surface area (Å²) >= 11 is 0. The lowest BCUT2D eigenvalue weighted by Crippen LogP contribution is -2.38. The van der Waals surface area contributed by atoms with Crippen LogP contribution in [0.4, 0.5) is 0 Å². The number of nitrogens with one attached hydrogen (secondary N) is 1. The average Bonchev–Trinajstić information content (AvgIpc) is 3.25. The van der Waals surface area contributed by atoms with Gasteiger partial charge in [-0.05, 0) is 68.8 Å². The summed E-state index contributed by atoms with van der Waals surface area (Å²) < 4.78 is 0. The molecular formula is C17H26N2. The van der Waals surface area contributed by atoms with Crippen LogP contribution in [0, 0.1) is 5.92 Å². The highest BCUT2D eigenvalue weighted by atomic mass is 15.1. The second kappa shape index (κ2) is 6.06. The number of benzene rings is 1. The minimum absolute atomic E-state index is 0.840. The molecule has 1 aliphatic heterocycles. The van der Waals surface area contributed by atoms with Gasteiger partial charge in [-0.1, -0.05) is 24.3 Å². The van der Waals surface area contributed by atoms with E-state index in [4.69, 9.17) is 0 Å². The Balaban J connectivity index is 1.64. The lowest BCUT2D eigenvalue weighted by Gasteiger charge is -2.33. The molecule has 1 N–H and O–H groups in total. The van der Waals surface area contributed by atoms with Gasteiger partial charge in [-0.3, -0.25) is 4.90 Å². The van der Waals surface area contributed by atoms with Crippen LogP contribution in [0.3, 0.4) is 0 Å². The topological polar surface area (TPSA) is 15.3 Å². The van der Waals surface area contributed by atoms with Crippen molar-refractivity contribution in [2.75, 3.05) is 26.7 Å². The highest BCUT2D eigenvalue weighted by Crippen LogP contribution is 2.41. The van der Waals surface area contributed by atoms with E-state index in [0.29, 0.717) is 0 Å². The minimum atomic E-state index is 0.840. The summed E-state index contributed by atoms with van der Waals surface area (Å²) in [6.45, 7) is 4.87. The molecule has 2 aliphatic rings. The fourth-order valence-corrected chi connectivity index (χ4v) is 3.46. The molecule has 1 aromatic rings. The maximum absolute atomic E-state index is 3.33. The standard InChI is InChI=1S/C17H26N2/c1-18-11-14-5-4-10-19(12-14)13-16-6-2-3-7-17(16)15-8-9-15/h2-3,6-7,14-15,18H,4-5,8-13H2,1H3. The van der Waals surface area contributed by atoms with E-state index in [1.807, 2.05) is 0 Å². The van der Waals surface area contributed by atoms with Gasteiger partial charge in [0.2, 0.25) is 0 Å². The van der Waals surface area contributed by atoms with Crippen LogP contribution in [0.2, 0.25) is 0 Å². The Morgan fingerprint density at radius 1 is 1.21 bits per heavy atom. The molecule has 0 amide bonds. The van der Waals surface area contributed by atoms with Crippen LogP contribution in [0.5, 0.6) is 0 Å². The van der Waals surface area contributed by atoms with Gasteiger partial charge in [0.05, 0.1) is 0 Å². The third kappa shape index (κ3) is 3.37. The molecule has 1 aromatic carbocycles. The number of nitrogens with zero attached hydrogens (tertiary/aromatic N) is 1. The molecule has 1 atom stereocenters. The SMILES string of the molecule is CNCC1CCCN(Cc2ccccc2C2CC2)C1. The summed E-state index contributed by atoms with van der Waals surface area (Å²) in [7, 11) is 2.07. The maximum atomic E-state index is 3.33. The van der Waals surface area contributed by atoms with Crippen LogP contribution in [-0.2, 0) is 6.54 Å². The number of piperidine rings is 1. The molecule has 2 fully saturated rings. The van der Waals surface area contributed by atoms with Crippen LogP contribution in [-0.4, -0.2) is 31.6 Å². The Morgan fingerprint density at radius 2 is 2.05 bits per heavy atom. The van der Waals surface area contributed by atoms with Gasteiger partial charge in [0.1, 0.15) is 0 Å². The molecule has 1 saturated carbocycles. The van der Waals surface area contributed by atoms with Crippen molar-refractivity contribution in [3.05, 3.63) is 35.4 Å². The van der Waals surface area contributed by atoms with Gasteiger partial charge in [0.25, 0.3) is 0 Å². The molecule has 1 unspecified atom stereocenters. The minimum Gasteiger partial charge on any atom is -0.319 e. The molecule has 2 heteroatoms. The second-order valence-corrected chi connectivity index (χ2v) is 6.27. The van der Waals surface area contributed by atoms with Gasteiger partial charge in [0, 0.05) is 13.1 Å². The van der Waals surface area contributed by atoms with Crippen LogP contribution >= 0.6 is 0 Å². The monoisotopic (exact) mass is 258 g/mol. The molecule has 0 aromatic heterocycles. The van der Waals surface area contributed by atoms with Gasteiger partial charge in [-0.15, -0.1) is 0 Å². The van der Waals surface area contributed by atoms with Crippen LogP contribution in [0.1, 0.15) is 42.7 Å². The van der Waals surface area contributed by atoms with E-state index in [0.717, 1.165) is 18.4 Å². The summed E-state index contributed by atoms with van der Waals surface area (Å²) in [5.74, 6) is 1.71. The predicted molar refractivity (Wildman–Crippen MR) is 80.3 cm³/mol. The van der Waals surface area contributed by atoms with Gasteiger partial charge >= 0.3 is 0 Å². The van der Waals surface area contributed by atoms with E-state index in [1.54, 1.807) is 11.1 Å². The molecule has 3 rings (SSSR count). The summed E-state index contributed by atoms with van der Waals surface area (Å²) in [6, 6.07) is 9.10. The Labute approximate surface area is 117 Å². The van der Waals surface area contributed by atoms with Crippen molar-refractivity contribution in [2.45, 2.75) is 38.1 Å². The first kappa shape index (κ1) is 13.1. The van der Waals surface area contributed by atoms with Crippen LogP contribution in [0.15, 0.2) is 24.3 Å². The first-order chi connectivity index (χ1) is 9.36. The molecule has 0 radical (unpaired) electrons. The fourth-order valence-electron chi connectivity index (χ4n) is 3.46. The fraction of sp³-hybridized carbons (Fsp3) is 0.647. The first-order valence-electron chi connectivity index (χ1n) is 7.81. The lowest BCUT2D eigenvalue weighted by atomic mass is 9.96. The molecule has 1 saturated heterocycles. The molecule has 104 valence electrons. The lowest BCUT2D eigenvalue weighted by molar-refractivity contribution is 0.166. The van der Waals surface area contributed by atoms with Crippen molar-refractivity contribution in [2.24, 2.45) is 5.92 Å². The van der Waals surface area contributed by atoms with E-state index >= 15 is 0 Å². The summed E-state index contributed by atoms with van der Waals surface area (Å²) in [4.78, 5) is 2.66. The third-order valence-corrected chi connectivity index (χ3v) is 4.56. The van der Waals surface area contributed by atoms with Gasteiger partial charge in [-0.2, -0.15) is 0 Å². The highest BCUT2D eigenvalue weighted by Gasteiger charge is 2.27. The summed E-state index contributed by atoms with van der Waals surface area (Å²) in [5, 5.41) is 3.33. The quantitative estimate of drug-likeness (QED) is 0.873. The van der Waals surface area contributed by atoms with Gasteiger partial charge in [0.15, 0.2) is 0 Å². The Bertz CT molecular complexity index is 409. The van der Waals surface area contributed by atoms with E-state index in [1.165, 1.54) is 45.3 Å². The number of hydrogen-bond donors (Lipinski definition) is 1. The number of rotatable bonds is 5. The Morgan fingerprint density at radius 3 is 2.84 bits per heavy atom. The molecule has 19 heavy (non-hydrogen) atoms. The molecule has 0 bridgehead atoms. The maximum Gasteiger partial charge on any atom is 0.0236 e. The smallest absolute Gasteiger partial charge is 0.0236 e. The van der Waals surface area contributed by atoms with Crippen LogP contribution < -0.4 is 5.32 Å². The van der Waals surface area contributed by atoms with Crippen molar-refractivity contribution < 1.29 is 0 Å². The van der Waals surface area contributed by atoms with Crippen molar-refractivity contribution >= 4 is 0 Å². The van der Waals surface area contributed by atoms with Crippen molar-refractivity contribution in [1.29, 1.82) is 0 Å². The molecule has 0 spiro atoms. The number of hydrogen-bond acceptors (Lipinski definition) is 2. The largest absolute Gasteiger partial charge is 0.319 e. The second-order valence-electron chi connectivity index (χ2n) is 6.27. The highest BCUT2D eigenvalue weighted by molar-refractivity contribution is 5.33. The first-order valence-corrected chi connectivity index (χ1v) is 7.81.